The third-order valence-corrected chi connectivity index (χ3v) is 5.38. The molecule has 0 fully saturated rings. The van der Waals surface area contributed by atoms with Gasteiger partial charge in [0.1, 0.15) is 0 Å². The lowest BCUT2D eigenvalue weighted by molar-refractivity contribution is 0.868. The molecule has 22 heavy (non-hydrogen) atoms. The van der Waals surface area contributed by atoms with Crippen molar-refractivity contribution in [1.29, 1.82) is 0 Å². The Morgan fingerprint density at radius 3 is 2.77 bits per heavy atom. The Balaban J connectivity index is 1.74. The van der Waals surface area contributed by atoms with Crippen molar-refractivity contribution in [3.63, 3.8) is 0 Å². The van der Waals surface area contributed by atoms with E-state index in [0.29, 0.717) is 0 Å². The van der Waals surface area contributed by atoms with Gasteiger partial charge in [0.05, 0.1) is 0 Å². The number of fused-ring (bicyclic) bond motifs is 6. The molecule has 0 saturated heterocycles. The van der Waals surface area contributed by atoms with E-state index in [0.717, 1.165) is 13.0 Å². The van der Waals surface area contributed by atoms with Crippen molar-refractivity contribution in [2.24, 2.45) is 0 Å². The molecule has 1 aliphatic carbocycles. The second kappa shape index (κ2) is 4.36. The smallest absolute Gasteiger partial charge is 0.0402 e. The highest BCUT2D eigenvalue weighted by Crippen LogP contribution is 2.44. The Bertz CT molecular complexity index is 907. The van der Waals surface area contributed by atoms with Gasteiger partial charge < -0.3 is 4.90 Å². The summed E-state index contributed by atoms with van der Waals surface area (Å²) >= 11 is 0. The fourth-order valence-corrected chi connectivity index (χ4v) is 4.24. The molecule has 1 nitrogen and oxygen atoms in total. The highest BCUT2D eigenvalue weighted by molar-refractivity contribution is 5.95. The number of nitrogens with zero attached hydrogens (tertiary/aromatic N) is 1. The number of hydrogen-bond donors (Lipinski definition) is 0. The van der Waals surface area contributed by atoms with Crippen molar-refractivity contribution >= 4 is 16.5 Å². The Morgan fingerprint density at radius 1 is 0.955 bits per heavy atom. The third-order valence-electron chi connectivity index (χ3n) is 5.38. The van der Waals surface area contributed by atoms with Gasteiger partial charge in [-0.3, -0.25) is 0 Å². The van der Waals surface area contributed by atoms with Crippen molar-refractivity contribution in [3.05, 3.63) is 65.2 Å². The summed E-state index contributed by atoms with van der Waals surface area (Å²) in [7, 11) is 0. The fourth-order valence-electron chi connectivity index (χ4n) is 4.24. The van der Waals surface area contributed by atoms with Crippen LogP contribution in [0, 0.1) is 0 Å². The van der Waals surface area contributed by atoms with Crippen LogP contribution in [0.4, 0.5) is 5.69 Å². The Hall–Kier alpha value is -2.28. The zero-order chi connectivity index (χ0) is 14.7. The standard InChI is InChI=1S/C21H19N/c1-2-22-10-9-15-11-19-16(13-21(15)22)12-20-17-6-4-3-5-14(17)7-8-18(19)20/h3-8,11,13H,2,9-10,12H2,1H3. The van der Waals surface area contributed by atoms with Gasteiger partial charge in [-0.05, 0) is 70.5 Å². The van der Waals surface area contributed by atoms with Gasteiger partial charge in [-0.1, -0.05) is 36.4 Å². The van der Waals surface area contributed by atoms with Gasteiger partial charge in [-0.15, -0.1) is 0 Å². The lowest BCUT2D eigenvalue weighted by atomic mass is 9.98. The maximum Gasteiger partial charge on any atom is 0.0402 e. The Kier molecular flexibility index (Phi) is 2.43. The lowest BCUT2D eigenvalue weighted by Crippen LogP contribution is -2.19. The molecule has 0 N–H and O–H groups in total. The van der Waals surface area contributed by atoms with Crippen LogP contribution >= 0.6 is 0 Å². The van der Waals surface area contributed by atoms with Crippen molar-refractivity contribution in [1.82, 2.24) is 0 Å². The summed E-state index contributed by atoms with van der Waals surface area (Å²) in [6.45, 7) is 4.55. The summed E-state index contributed by atoms with van der Waals surface area (Å²) in [5.74, 6) is 0. The number of rotatable bonds is 1. The Labute approximate surface area is 131 Å². The normalized spacial score (nSPS) is 15.0. The van der Waals surface area contributed by atoms with Crippen LogP contribution in [0.5, 0.6) is 0 Å². The minimum Gasteiger partial charge on any atom is -0.371 e. The van der Waals surface area contributed by atoms with Crippen molar-refractivity contribution < 1.29 is 0 Å². The molecule has 1 heteroatoms. The molecular weight excluding hydrogens is 266 g/mol. The molecule has 2 aliphatic rings. The molecule has 0 spiro atoms. The SMILES string of the molecule is CCN1CCc2cc3c(cc21)Cc1c-3ccc2ccccc12. The molecule has 0 atom stereocenters. The topological polar surface area (TPSA) is 3.24 Å². The molecule has 0 unspecified atom stereocenters. The van der Waals surface area contributed by atoms with Crippen LogP contribution in [-0.2, 0) is 12.8 Å². The average Bonchev–Trinajstić information content (AvgIpc) is 3.13. The summed E-state index contributed by atoms with van der Waals surface area (Å²) in [5, 5.41) is 2.78. The summed E-state index contributed by atoms with van der Waals surface area (Å²) in [4.78, 5) is 2.51. The highest BCUT2D eigenvalue weighted by Gasteiger charge is 2.25. The van der Waals surface area contributed by atoms with Gasteiger partial charge in [0.2, 0.25) is 0 Å². The van der Waals surface area contributed by atoms with E-state index in [1.54, 1.807) is 0 Å². The van der Waals surface area contributed by atoms with E-state index in [1.807, 2.05) is 0 Å². The zero-order valence-corrected chi connectivity index (χ0v) is 12.9. The Morgan fingerprint density at radius 2 is 1.86 bits per heavy atom. The van der Waals surface area contributed by atoms with Gasteiger partial charge in [0.25, 0.3) is 0 Å². The molecule has 108 valence electrons. The van der Waals surface area contributed by atoms with Crippen LogP contribution in [0.1, 0.15) is 23.6 Å². The van der Waals surface area contributed by atoms with Crippen molar-refractivity contribution in [2.75, 3.05) is 18.0 Å². The van der Waals surface area contributed by atoms with Crippen LogP contribution < -0.4 is 4.90 Å². The summed E-state index contributed by atoms with van der Waals surface area (Å²) in [6, 6.07) is 18.3. The fraction of sp³-hybridized carbons (Fsp3) is 0.238. The molecule has 0 bridgehead atoms. The minimum atomic E-state index is 1.08. The first-order chi connectivity index (χ1) is 10.8. The molecule has 5 rings (SSSR count). The predicted molar refractivity (Wildman–Crippen MR) is 93.8 cm³/mol. The largest absolute Gasteiger partial charge is 0.371 e. The number of hydrogen-bond acceptors (Lipinski definition) is 1. The summed E-state index contributed by atoms with van der Waals surface area (Å²) < 4.78 is 0. The van der Waals surface area contributed by atoms with Gasteiger partial charge in [0.15, 0.2) is 0 Å². The van der Waals surface area contributed by atoms with Gasteiger partial charge in [-0.2, -0.15) is 0 Å². The van der Waals surface area contributed by atoms with Crippen LogP contribution in [0.2, 0.25) is 0 Å². The maximum atomic E-state index is 2.51. The van der Waals surface area contributed by atoms with E-state index in [4.69, 9.17) is 0 Å². The molecule has 1 heterocycles. The zero-order valence-electron chi connectivity index (χ0n) is 12.9. The summed E-state index contributed by atoms with van der Waals surface area (Å²) in [5.41, 5.74) is 8.94. The number of benzene rings is 3. The van der Waals surface area contributed by atoms with Gasteiger partial charge >= 0.3 is 0 Å². The van der Waals surface area contributed by atoms with Crippen LogP contribution in [0.25, 0.3) is 21.9 Å². The van der Waals surface area contributed by atoms with Gasteiger partial charge in [0, 0.05) is 18.8 Å². The second-order valence-electron chi connectivity index (χ2n) is 6.46. The number of likely N-dealkylation sites (N-methyl/N-ethyl adjacent to an activating group) is 1. The minimum absolute atomic E-state index is 1.08. The van der Waals surface area contributed by atoms with Gasteiger partial charge in [-0.25, -0.2) is 0 Å². The van der Waals surface area contributed by atoms with Crippen molar-refractivity contribution in [2.45, 2.75) is 19.8 Å². The quantitative estimate of drug-likeness (QED) is 0.486. The van der Waals surface area contributed by atoms with E-state index >= 15 is 0 Å². The molecule has 3 aromatic rings. The lowest BCUT2D eigenvalue weighted by Gasteiger charge is -2.17. The predicted octanol–water partition coefficient (Wildman–Crippen LogP) is 4.79. The first-order valence-electron chi connectivity index (χ1n) is 8.27. The average molecular weight is 285 g/mol. The summed E-state index contributed by atoms with van der Waals surface area (Å²) in [6.07, 6.45) is 2.27. The molecule has 1 aliphatic heterocycles. The first-order valence-corrected chi connectivity index (χ1v) is 8.27. The van der Waals surface area contributed by atoms with E-state index in [1.165, 1.54) is 57.2 Å². The third kappa shape index (κ3) is 1.54. The second-order valence-corrected chi connectivity index (χ2v) is 6.46. The van der Waals surface area contributed by atoms with E-state index in [-0.39, 0.29) is 0 Å². The molecule has 3 aromatic carbocycles. The molecular formula is C21H19N. The van der Waals surface area contributed by atoms with E-state index in [2.05, 4.69) is 60.4 Å². The highest BCUT2D eigenvalue weighted by atomic mass is 15.1. The van der Waals surface area contributed by atoms with Crippen LogP contribution in [0.3, 0.4) is 0 Å². The van der Waals surface area contributed by atoms with E-state index in [9.17, 15) is 0 Å². The molecule has 0 radical (unpaired) electrons. The molecule has 0 amide bonds. The van der Waals surface area contributed by atoms with E-state index < -0.39 is 0 Å². The first kappa shape index (κ1) is 12.3. The van der Waals surface area contributed by atoms with Crippen molar-refractivity contribution in [3.8, 4) is 11.1 Å². The monoisotopic (exact) mass is 285 g/mol. The maximum absolute atomic E-state index is 2.51. The molecule has 0 saturated carbocycles. The van der Waals surface area contributed by atoms with Crippen LogP contribution in [0.15, 0.2) is 48.5 Å². The van der Waals surface area contributed by atoms with Crippen LogP contribution in [-0.4, -0.2) is 13.1 Å². The number of anilines is 1. The molecule has 0 aromatic heterocycles.